The van der Waals surface area contributed by atoms with E-state index in [2.05, 4.69) is 21.2 Å². The van der Waals surface area contributed by atoms with Gasteiger partial charge in [-0.1, -0.05) is 88.7 Å². The molecule has 0 heterocycles. The third-order valence-corrected chi connectivity index (χ3v) is 9.73. The number of carbonyl (C=O) groups is 2. The second-order valence-electron chi connectivity index (χ2n) is 12.1. The zero-order chi connectivity index (χ0) is 32.8. The predicted octanol–water partition coefficient (Wildman–Crippen LogP) is 6.82. The molecule has 0 aliphatic carbocycles. The lowest BCUT2D eigenvalue weighted by Gasteiger charge is -2.35. The molecule has 4 rings (SSSR count). The molecule has 9 heteroatoms. The van der Waals surface area contributed by atoms with Crippen LogP contribution in [0.25, 0.3) is 0 Å². The third-order valence-electron chi connectivity index (χ3n) is 7.47. The van der Waals surface area contributed by atoms with Gasteiger partial charge in [0.25, 0.3) is 10.0 Å². The Balaban J connectivity index is 1.84. The van der Waals surface area contributed by atoms with E-state index in [0.29, 0.717) is 5.69 Å². The molecule has 2 amide bonds. The average Bonchev–Trinajstić information content (AvgIpc) is 2.99. The van der Waals surface area contributed by atoms with Crippen LogP contribution in [0.5, 0.6) is 0 Å². The minimum atomic E-state index is -4.16. The minimum absolute atomic E-state index is 0.0727. The standard InChI is InChI=1S/C36H40BrN3O4S/c1-26-14-12-21-32(27(26)2)40(45(43,44)31-19-10-7-11-20-31)25-34(41)39(24-29-17-13-18-30(37)22-29)33(35(42)38-36(3,4)5)23-28-15-8-6-9-16-28/h6-22,33H,23-25H2,1-5H3,(H,38,42)/t33-/m0/s1. The van der Waals surface area contributed by atoms with Gasteiger partial charge >= 0.3 is 0 Å². The molecule has 0 radical (unpaired) electrons. The molecule has 4 aromatic rings. The fraction of sp³-hybridized carbons (Fsp3) is 0.278. The lowest BCUT2D eigenvalue weighted by atomic mass is 10.0. The number of aryl methyl sites for hydroxylation is 1. The molecule has 0 aromatic heterocycles. The van der Waals surface area contributed by atoms with Crippen LogP contribution in [0, 0.1) is 13.8 Å². The lowest BCUT2D eigenvalue weighted by Crippen LogP contribution is -2.56. The Labute approximate surface area is 275 Å². The first-order chi connectivity index (χ1) is 21.3. The van der Waals surface area contributed by atoms with Crippen molar-refractivity contribution in [3.63, 3.8) is 0 Å². The number of halogens is 1. The van der Waals surface area contributed by atoms with E-state index in [-0.39, 0.29) is 23.8 Å². The van der Waals surface area contributed by atoms with Crippen molar-refractivity contribution < 1.29 is 18.0 Å². The summed E-state index contributed by atoms with van der Waals surface area (Å²) < 4.78 is 30.4. The molecule has 236 valence electrons. The molecule has 0 bridgehead atoms. The lowest BCUT2D eigenvalue weighted by molar-refractivity contribution is -0.140. The van der Waals surface area contributed by atoms with Crippen molar-refractivity contribution in [2.75, 3.05) is 10.8 Å². The summed E-state index contributed by atoms with van der Waals surface area (Å²) in [5.41, 5.74) is 3.16. The summed E-state index contributed by atoms with van der Waals surface area (Å²) in [5.74, 6) is -0.820. The molecule has 0 aliphatic heterocycles. The molecule has 0 unspecified atom stereocenters. The Kier molecular flexibility index (Phi) is 10.9. The van der Waals surface area contributed by atoms with E-state index in [4.69, 9.17) is 0 Å². The smallest absolute Gasteiger partial charge is 0.264 e. The zero-order valence-electron chi connectivity index (χ0n) is 26.3. The fourth-order valence-corrected chi connectivity index (χ4v) is 7.02. The number of nitrogens with one attached hydrogen (secondary N) is 1. The molecule has 0 fully saturated rings. The van der Waals surface area contributed by atoms with E-state index < -0.39 is 34.1 Å². The highest BCUT2D eigenvalue weighted by Crippen LogP contribution is 2.29. The maximum Gasteiger partial charge on any atom is 0.264 e. The van der Waals surface area contributed by atoms with E-state index in [1.807, 2.05) is 95.3 Å². The summed E-state index contributed by atoms with van der Waals surface area (Å²) in [6.45, 7) is 9.01. The number of hydrogen-bond acceptors (Lipinski definition) is 4. The van der Waals surface area contributed by atoms with Gasteiger partial charge in [0.2, 0.25) is 11.8 Å². The van der Waals surface area contributed by atoms with Crippen molar-refractivity contribution >= 4 is 43.5 Å². The van der Waals surface area contributed by atoms with Gasteiger partial charge < -0.3 is 10.2 Å². The number of carbonyl (C=O) groups excluding carboxylic acids is 2. The fourth-order valence-electron chi connectivity index (χ4n) is 5.08. The van der Waals surface area contributed by atoms with E-state index >= 15 is 0 Å². The Hall–Kier alpha value is -3.95. The average molecular weight is 691 g/mol. The first-order valence-corrected chi connectivity index (χ1v) is 17.0. The normalized spacial score (nSPS) is 12.3. The Morgan fingerprint density at radius 3 is 2.04 bits per heavy atom. The van der Waals surface area contributed by atoms with Crippen molar-refractivity contribution in [1.29, 1.82) is 0 Å². The summed E-state index contributed by atoms with van der Waals surface area (Å²) >= 11 is 3.52. The van der Waals surface area contributed by atoms with Gasteiger partial charge in [-0.25, -0.2) is 8.42 Å². The number of hydrogen-bond donors (Lipinski definition) is 1. The first kappa shape index (κ1) is 33.9. The molecule has 4 aromatic carbocycles. The SMILES string of the molecule is Cc1cccc(N(CC(=O)N(Cc2cccc(Br)c2)[C@@H](Cc2ccccc2)C(=O)NC(C)(C)C)S(=O)(=O)c2ccccc2)c1C. The number of amides is 2. The van der Waals surface area contributed by atoms with Crippen molar-refractivity contribution in [3.05, 3.63) is 130 Å². The number of rotatable bonds is 11. The van der Waals surface area contributed by atoms with Gasteiger partial charge in [0.15, 0.2) is 0 Å². The van der Waals surface area contributed by atoms with E-state index in [1.165, 1.54) is 21.3 Å². The highest BCUT2D eigenvalue weighted by atomic mass is 79.9. The van der Waals surface area contributed by atoms with Crippen LogP contribution >= 0.6 is 15.9 Å². The Bertz CT molecular complexity index is 1740. The quantitative estimate of drug-likeness (QED) is 0.187. The molecule has 0 saturated carbocycles. The van der Waals surface area contributed by atoms with E-state index in [1.54, 1.807) is 30.3 Å². The zero-order valence-corrected chi connectivity index (χ0v) is 28.7. The van der Waals surface area contributed by atoms with E-state index in [9.17, 15) is 18.0 Å². The maximum absolute atomic E-state index is 14.6. The van der Waals surface area contributed by atoms with Gasteiger partial charge in [-0.2, -0.15) is 0 Å². The van der Waals surface area contributed by atoms with Crippen molar-refractivity contribution in [2.24, 2.45) is 0 Å². The van der Waals surface area contributed by atoms with Crippen LogP contribution in [0.3, 0.4) is 0 Å². The number of sulfonamides is 1. The first-order valence-electron chi connectivity index (χ1n) is 14.8. The molecule has 0 aliphatic rings. The second-order valence-corrected chi connectivity index (χ2v) is 14.9. The highest BCUT2D eigenvalue weighted by Gasteiger charge is 2.36. The van der Waals surface area contributed by atoms with Gasteiger partial charge in [0.1, 0.15) is 12.6 Å². The largest absolute Gasteiger partial charge is 0.350 e. The summed E-state index contributed by atoms with van der Waals surface area (Å²) in [4.78, 5) is 30.2. The van der Waals surface area contributed by atoms with Crippen LogP contribution in [0.1, 0.15) is 43.0 Å². The van der Waals surface area contributed by atoms with Gasteiger partial charge in [0, 0.05) is 23.0 Å². The summed E-state index contributed by atoms with van der Waals surface area (Å²) in [6, 6.07) is 29.6. The maximum atomic E-state index is 14.6. The summed E-state index contributed by atoms with van der Waals surface area (Å²) in [6.07, 6.45) is 0.247. The van der Waals surface area contributed by atoms with Crippen molar-refractivity contribution in [2.45, 2.75) is 64.1 Å². The van der Waals surface area contributed by atoms with Crippen LogP contribution in [0.4, 0.5) is 5.69 Å². The van der Waals surface area contributed by atoms with Crippen molar-refractivity contribution in [1.82, 2.24) is 10.2 Å². The van der Waals surface area contributed by atoms with Crippen LogP contribution < -0.4 is 9.62 Å². The van der Waals surface area contributed by atoms with Gasteiger partial charge in [0.05, 0.1) is 10.6 Å². The van der Waals surface area contributed by atoms with Gasteiger partial charge in [-0.15, -0.1) is 0 Å². The molecule has 1 atom stereocenters. The van der Waals surface area contributed by atoms with Crippen LogP contribution in [0.2, 0.25) is 0 Å². The van der Waals surface area contributed by atoms with Gasteiger partial charge in [-0.3, -0.25) is 13.9 Å². The van der Waals surface area contributed by atoms with Crippen molar-refractivity contribution in [3.8, 4) is 0 Å². The number of anilines is 1. The molecule has 0 saturated heterocycles. The summed E-state index contributed by atoms with van der Waals surface area (Å²) in [7, 11) is -4.16. The molecule has 7 nitrogen and oxygen atoms in total. The third kappa shape index (κ3) is 8.83. The molecule has 0 spiro atoms. The number of nitrogens with zero attached hydrogens (tertiary/aromatic N) is 2. The molecular weight excluding hydrogens is 650 g/mol. The Morgan fingerprint density at radius 1 is 0.822 bits per heavy atom. The highest BCUT2D eigenvalue weighted by molar-refractivity contribution is 9.10. The van der Waals surface area contributed by atoms with Crippen LogP contribution in [0.15, 0.2) is 112 Å². The van der Waals surface area contributed by atoms with Crippen LogP contribution in [-0.4, -0.2) is 43.3 Å². The van der Waals surface area contributed by atoms with Crippen LogP contribution in [-0.2, 0) is 32.6 Å². The number of benzene rings is 4. The second kappa shape index (κ2) is 14.4. The topological polar surface area (TPSA) is 86.8 Å². The van der Waals surface area contributed by atoms with Gasteiger partial charge in [-0.05, 0) is 87.2 Å². The molecule has 45 heavy (non-hydrogen) atoms. The molecule has 1 N–H and O–H groups in total. The monoisotopic (exact) mass is 689 g/mol. The summed E-state index contributed by atoms with van der Waals surface area (Å²) in [5, 5.41) is 3.06. The minimum Gasteiger partial charge on any atom is -0.350 e. The molecular formula is C36H40BrN3O4S. The Morgan fingerprint density at radius 2 is 1.42 bits per heavy atom. The predicted molar refractivity (Wildman–Crippen MR) is 183 cm³/mol. The van der Waals surface area contributed by atoms with E-state index in [0.717, 1.165) is 26.7 Å².